The molecule has 0 amide bonds. The summed E-state index contributed by atoms with van der Waals surface area (Å²) in [5.74, 6) is 0.733. The van der Waals surface area contributed by atoms with Crippen LogP contribution >= 0.6 is 0 Å². The number of anilines is 2. The van der Waals surface area contributed by atoms with Gasteiger partial charge in [-0.25, -0.2) is 0 Å². The van der Waals surface area contributed by atoms with Crippen molar-refractivity contribution in [3.05, 3.63) is 18.2 Å². The van der Waals surface area contributed by atoms with Crippen LogP contribution < -0.4 is 15.4 Å². The van der Waals surface area contributed by atoms with E-state index in [1.54, 1.807) is 7.11 Å². The molecule has 0 spiro atoms. The van der Waals surface area contributed by atoms with Crippen LogP contribution in [0.15, 0.2) is 18.2 Å². The topological polar surface area (TPSA) is 47.7 Å². The average molecular weight is 222 g/mol. The van der Waals surface area contributed by atoms with Crippen molar-refractivity contribution in [3.63, 3.8) is 0 Å². The molecule has 1 aromatic rings. The Morgan fingerprint density at radius 1 is 1.50 bits per heavy atom. The van der Waals surface area contributed by atoms with E-state index in [0.717, 1.165) is 31.2 Å². The van der Waals surface area contributed by atoms with Crippen molar-refractivity contribution in [2.75, 3.05) is 37.5 Å². The number of nitrogens with two attached hydrogens (primary N) is 1. The number of para-hydroxylation sites is 1. The summed E-state index contributed by atoms with van der Waals surface area (Å²) in [6.07, 6.45) is 0. The number of benzene rings is 1. The van der Waals surface area contributed by atoms with Crippen LogP contribution in [-0.2, 0) is 4.74 Å². The Balaban J connectivity index is 2.31. The highest BCUT2D eigenvalue weighted by molar-refractivity contribution is 5.74. The fourth-order valence-electron chi connectivity index (χ4n) is 2.05. The van der Waals surface area contributed by atoms with Gasteiger partial charge in [-0.15, -0.1) is 0 Å². The Kier molecular flexibility index (Phi) is 3.19. The molecule has 1 aromatic carbocycles. The van der Waals surface area contributed by atoms with Gasteiger partial charge in [-0.05, 0) is 19.1 Å². The highest BCUT2D eigenvalue weighted by Gasteiger charge is 2.21. The Morgan fingerprint density at radius 3 is 3.00 bits per heavy atom. The summed E-state index contributed by atoms with van der Waals surface area (Å²) in [7, 11) is 1.64. The maximum Gasteiger partial charge on any atom is 0.143 e. The van der Waals surface area contributed by atoms with Gasteiger partial charge in [-0.2, -0.15) is 0 Å². The van der Waals surface area contributed by atoms with Crippen molar-refractivity contribution in [3.8, 4) is 5.75 Å². The first-order valence-corrected chi connectivity index (χ1v) is 5.51. The molecule has 2 rings (SSSR count). The molecule has 1 saturated heterocycles. The maximum absolute atomic E-state index is 6.08. The number of nitrogens with zero attached hydrogens (tertiary/aromatic N) is 1. The van der Waals surface area contributed by atoms with Crippen LogP contribution in [0.4, 0.5) is 11.4 Å². The largest absolute Gasteiger partial charge is 0.495 e. The summed E-state index contributed by atoms with van der Waals surface area (Å²) >= 11 is 0. The van der Waals surface area contributed by atoms with E-state index in [9.17, 15) is 0 Å². The summed E-state index contributed by atoms with van der Waals surface area (Å²) in [6.45, 7) is 4.51. The Labute approximate surface area is 95.9 Å². The van der Waals surface area contributed by atoms with Gasteiger partial charge < -0.3 is 20.1 Å². The van der Waals surface area contributed by atoms with Crippen molar-refractivity contribution in [1.82, 2.24) is 0 Å². The second-order valence-electron chi connectivity index (χ2n) is 4.01. The Morgan fingerprint density at radius 2 is 2.31 bits per heavy atom. The number of methoxy groups -OCH3 is 1. The lowest BCUT2D eigenvalue weighted by molar-refractivity contribution is 0.0990. The van der Waals surface area contributed by atoms with Crippen LogP contribution in [0.3, 0.4) is 0 Å². The van der Waals surface area contributed by atoms with Gasteiger partial charge >= 0.3 is 0 Å². The Bertz CT molecular complexity index is 368. The van der Waals surface area contributed by atoms with Crippen LogP contribution in [-0.4, -0.2) is 32.9 Å². The molecule has 0 aliphatic carbocycles. The zero-order valence-corrected chi connectivity index (χ0v) is 9.77. The number of nitrogen functional groups attached to an aromatic ring is 1. The molecule has 1 aliphatic rings. The third kappa shape index (κ3) is 1.93. The van der Waals surface area contributed by atoms with Gasteiger partial charge in [-0.3, -0.25) is 0 Å². The molecule has 0 aromatic heterocycles. The van der Waals surface area contributed by atoms with Crippen molar-refractivity contribution >= 4 is 11.4 Å². The summed E-state index contributed by atoms with van der Waals surface area (Å²) in [5, 5.41) is 0. The minimum atomic E-state index is 0.350. The van der Waals surface area contributed by atoms with Gasteiger partial charge in [0.2, 0.25) is 0 Å². The van der Waals surface area contributed by atoms with E-state index in [4.69, 9.17) is 15.2 Å². The summed E-state index contributed by atoms with van der Waals surface area (Å²) < 4.78 is 10.6. The van der Waals surface area contributed by atoms with E-state index in [2.05, 4.69) is 11.8 Å². The highest BCUT2D eigenvalue weighted by Crippen LogP contribution is 2.33. The molecule has 1 unspecified atom stereocenters. The van der Waals surface area contributed by atoms with Crippen LogP contribution in [0, 0.1) is 0 Å². The van der Waals surface area contributed by atoms with Gasteiger partial charge in [0.1, 0.15) is 5.75 Å². The minimum Gasteiger partial charge on any atom is -0.495 e. The monoisotopic (exact) mass is 222 g/mol. The van der Waals surface area contributed by atoms with Crippen LogP contribution in [0.1, 0.15) is 6.92 Å². The lowest BCUT2D eigenvalue weighted by atomic mass is 10.1. The number of rotatable bonds is 2. The second kappa shape index (κ2) is 4.61. The molecule has 16 heavy (non-hydrogen) atoms. The smallest absolute Gasteiger partial charge is 0.143 e. The minimum absolute atomic E-state index is 0.350. The zero-order valence-electron chi connectivity index (χ0n) is 9.77. The lowest BCUT2D eigenvalue weighted by Gasteiger charge is -2.36. The van der Waals surface area contributed by atoms with Crippen molar-refractivity contribution in [1.29, 1.82) is 0 Å². The molecule has 0 saturated carbocycles. The first-order valence-electron chi connectivity index (χ1n) is 5.51. The highest BCUT2D eigenvalue weighted by atomic mass is 16.5. The van der Waals surface area contributed by atoms with Crippen LogP contribution in [0.25, 0.3) is 0 Å². The van der Waals surface area contributed by atoms with Crippen molar-refractivity contribution < 1.29 is 9.47 Å². The van der Waals surface area contributed by atoms with Gasteiger partial charge in [0.25, 0.3) is 0 Å². The molecule has 4 nitrogen and oxygen atoms in total. The second-order valence-corrected chi connectivity index (χ2v) is 4.01. The zero-order chi connectivity index (χ0) is 11.5. The van der Waals surface area contributed by atoms with E-state index in [1.807, 2.05) is 18.2 Å². The number of hydrogen-bond donors (Lipinski definition) is 1. The van der Waals surface area contributed by atoms with E-state index >= 15 is 0 Å². The molecule has 4 heteroatoms. The van der Waals surface area contributed by atoms with Crippen molar-refractivity contribution in [2.45, 2.75) is 13.0 Å². The normalized spacial score (nSPS) is 20.9. The molecule has 88 valence electrons. The quantitative estimate of drug-likeness (QED) is 0.770. The first-order chi connectivity index (χ1) is 7.74. The summed E-state index contributed by atoms with van der Waals surface area (Å²) in [4.78, 5) is 2.27. The molecule has 2 N–H and O–H groups in total. The molecule has 1 atom stereocenters. The molecule has 1 aliphatic heterocycles. The molecular weight excluding hydrogens is 204 g/mol. The maximum atomic E-state index is 6.08. The van der Waals surface area contributed by atoms with E-state index in [1.165, 1.54) is 0 Å². The summed E-state index contributed by atoms with van der Waals surface area (Å²) in [5.41, 5.74) is 7.82. The predicted octanol–water partition coefficient (Wildman–Crippen LogP) is 1.50. The third-order valence-electron chi connectivity index (χ3n) is 2.94. The molecule has 1 fully saturated rings. The lowest BCUT2D eigenvalue weighted by Crippen LogP contribution is -2.44. The van der Waals surface area contributed by atoms with Gasteiger partial charge in [0, 0.05) is 12.6 Å². The number of ether oxygens (including phenoxy) is 2. The average Bonchev–Trinajstić information content (AvgIpc) is 2.31. The Hall–Kier alpha value is -1.42. The fraction of sp³-hybridized carbons (Fsp3) is 0.500. The molecular formula is C12H18N2O2. The predicted molar refractivity (Wildman–Crippen MR) is 65.0 cm³/mol. The van der Waals surface area contributed by atoms with E-state index in [-0.39, 0.29) is 0 Å². The van der Waals surface area contributed by atoms with Crippen molar-refractivity contribution in [2.24, 2.45) is 0 Å². The number of morpholine rings is 1. The SMILES string of the molecule is COc1cccc(N2CCOCC2C)c1N. The van der Waals surface area contributed by atoms with Gasteiger partial charge in [0.15, 0.2) is 0 Å². The number of hydrogen-bond acceptors (Lipinski definition) is 4. The van der Waals surface area contributed by atoms with Gasteiger partial charge in [0.05, 0.1) is 31.7 Å². The third-order valence-corrected chi connectivity index (χ3v) is 2.94. The van der Waals surface area contributed by atoms with Crippen LogP contribution in [0.2, 0.25) is 0 Å². The fourth-order valence-corrected chi connectivity index (χ4v) is 2.05. The standard InChI is InChI=1S/C12H18N2O2/c1-9-8-16-7-6-14(9)10-4-3-5-11(15-2)12(10)13/h3-5,9H,6-8,13H2,1-2H3. The summed E-state index contributed by atoms with van der Waals surface area (Å²) in [6, 6.07) is 6.22. The molecule has 0 radical (unpaired) electrons. The van der Waals surface area contributed by atoms with Gasteiger partial charge in [-0.1, -0.05) is 6.07 Å². The molecule has 1 heterocycles. The van der Waals surface area contributed by atoms with E-state index in [0.29, 0.717) is 11.7 Å². The van der Waals surface area contributed by atoms with Crippen LogP contribution in [0.5, 0.6) is 5.75 Å². The van der Waals surface area contributed by atoms with E-state index < -0.39 is 0 Å². The molecule has 0 bridgehead atoms. The first kappa shape index (κ1) is 11.1.